The monoisotopic (exact) mass is 182 g/mol. The van der Waals surface area contributed by atoms with E-state index in [1.54, 1.807) is 0 Å². The molecule has 2 aliphatic rings. The molecule has 76 valence electrons. The Hall–Kier alpha value is -0.0800. The molecule has 1 heterocycles. The predicted molar refractivity (Wildman–Crippen MR) is 55.8 cm³/mol. The van der Waals surface area contributed by atoms with Crippen LogP contribution in [0, 0.1) is 5.41 Å². The van der Waals surface area contributed by atoms with Crippen molar-refractivity contribution in [2.75, 3.05) is 20.1 Å². The van der Waals surface area contributed by atoms with Gasteiger partial charge in [0, 0.05) is 18.6 Å². The number of rotatable bonds is 3. The smallest absolute Gasteiger partial charge is 0.0246 e. The minimum absolute atomic E-state index is 0.503. The third-order valence-electron chi connectivity index (χ3n) is 3.74. The summed E-state index contributed by atoms with van der Waals surface area (Å²) in [4.78, 5) is 2.53. The van der Waals surface area contributed by atoms with Gasteiger partial charge in [-0.1, -0.05) is 13.8 Å². The van der Waals surface area contributed by atoms with Crippen LogP contribution in [0.5, 0.6) is 0 Å². The van der Waals surface area contributed by atoms with Crippen LogP contribution in [-0.2, 0) is 0 Å². The number of hydrogen-bond acceptors (Lipinski definition) is 2. The summed E-state index contributed by atoms with van der Waals surface area (Å²) >= 11 is 0. The van der Waals surface area contributed by atoms with Gasteiger partial charge in [0.25, 0.3) is 0 Å². The van der Waals surface area contributed by atoms with Crippen LogP contribution in [0.3, 0.4) is 0 Å². The topological polar surface area (TPSA) is 15.3 Å². The van der Waals surface area contributed by atoms with Gasteiger partial charge < -0.3 is 10.2 Å². The third-order valence-corrected chi connectivity index (χ3v) is 3.74. The van der Waals surface area contributed by atoms with E-state index in [0.717, 1.165) is 6.04 Å². The quantitative estimate of drug-likeness (QED) is 0.711. The van der Waals surface area contributed by atoms with Crippen molar-refractivity contribution in [1.82, 2.24) is 10.2 Å². The van der Waals surface area contributed by atoms with Crippen LogP contribution >= 0.6 is 0 Å². The second-order valence-corrected chi connectivity index (χ2v) is 5.42. The van der Waals surface area contributed by atoms with Gasteiger partial charge >= 0.3 is 0 Å². The van der Waals surface area contributed by atoms with Gasteiger partial charge in [-0.2, -0.15) is 0 Å². The summed E-state index contributed by atoms with van der Waals surface area (Å²) in [5.41, 5.74) is 0.503. The van der Waals surface area contributed by atoms with Gasteiger partial charge in [-0.15, -0.1) is 0 Å². The van der Waals surface area contributed by atoms with Gasteiger partial charge in [0.15, 0.2) is 0 Å². The molecule has 1 unspecified atom stereocenters. The molecule has 0 amide bonds. The lowest BCUT2D eigenvalue weighted by atomic mass is 9.85. The van der Waals surface area contributed by atoms with Crippen molar-refractivity contribution in [2.24, 2.45) is 5.41 Å². The first-order valence-corrected chi connectivity index (χ1v) is 5.53. The molecule has 1 N–H and O–H groups in total. The zero-order valence-electron chi connectivity index (χ0n) is 9.14. The van der Waals surface area contributed by atoms with Crippen LogP contribution in [0.25, 0.3) is 0 Å². The zero-order valence-corrected chi connectivity index (χ0v) is 9.14. The SMILES string of the molecule is CN(CC1NCCC1(C)C)C1CC1. The maximum atomic E-state index is 3.62. The van der Waals surface area contributed by atoms with E-state index in [1.165, 1.54) is 32.4 Å². The molecule has 0 bridgehead atoms. The molecule has 0 spiro atoms. The van der Waals surface area contributed by atoms with Crippen molar-refractivity contribution in [3.63, 3.8) is 0 Å². The molecule has 0 aromatic rings. The summed E-state index contributed by atoms with van der Waals surface area (Å²) < 4.78 is 0. The van der Waals surface area contributed by atoms with Crippen molar-refractivity contribution < 1.29 is 0 Å². The second-order valence-electron chi connectivity index (χ2n) is 5.42. The van der Waals surface area contributed by atoms with E-state index in [2.05, 4.69) is 31.1 Å². The minimum atomic E-state index is 0.503. The van der Waals surface area contributed by atoms with Crippen molar-refractivity contribution in [2.45, 2.75) is 45.2 Å². The summed E-state index contributed by atoms with van der Waals surface area (Å²) in [6.07, 6.45) is 4.17. The molecular weight excluding hydrogens is 160 g/mol. The molecule has 1 saturated carbocycles. The van der Waals surface area contributed by atoms with E-state index < -0.39 is 0 Å². The Morgan fingerprint density at radius 3 is 2.54 bits per heavy atom. The highest BCUT2D eigenvalue weighted by molar-refractivity contribution is 4.94. The molecule has 2 fully saturated rings. The third kappa shape index (κ3) is 2.05. The molecular formula is C11H22N2. The number of hydrogen-bond donors (Lipinski definition) is 1. The second kappa shape index (κ2) is 3.25. The Labute approximate surface area is 81.7 Å². The average Bonchev–Trinajstić information content (AvgIpc) is 2.80. The van der Waals surface area contributed by atoms with Crippen molar-refractivity contribution >= 4 is 0 Å². The number of likely N-dealkylation sites (N-methyl/N-ethyl adjacent to an activating group) is 1. The average molecular weight is 182 g/mol. The summed E-state index contributed by atoms with van der Waals surface area (Å²) in [6.45, 7) is 7.21. The fourth-order valence-corrected chi connectivity index (χ4v) is 2.28. The first-order valence-electron chi connectivity index (χ1n) is 5.53. The van der Waals surface area contributed by atoms with E-state index >= 15 is 0 Å². The Kier molecular flexibility index (Phi) is 2.37. The van der Waals surface area contributed by atoms with E-state index in [-0.39, 0.29) is 0 Å². The predicted octanol–water partition coefficient (Wildman–Crippen LogP) is 1.47. The normalized spacial score (nSPS) is 32.8. The molecule has 2 rings (SSSR count). The highest BCUT2D eigenvalue weighted by atomic mass is 15.2. The molecule has 2 heteroatoms. The Morgan fingerprint density at radius 1 is 1.38 bits per heavy atom. The van der Waals surface area contributed by atoms with Gasteiger partial charge in [-0.3, -0.25) is 0 Å². The standard InChI is InChI=1S/C11H22N2/c1-11(2)6-7-12-10(11)8-13(3)9-4-5-9/h9-10,12H,4-8H2,1-3H3. The van der Waals surface area contributed by atoms with Gasteiger partial charge in [0.2, 0.25) is 0 Å². The first kappa shape index (κ1) is 9.47. The minimum Gasteiger partial charge on any atom is -0.312 e. The lowest BCUT2D eigenvalue weighted by molar-refractivity contribution is 0.218. The van der Waals surface area contributed by atoms with E-state index in [0.29, 0.717) is 11.5 Å². The maximum Gasteiger partial charge on any atom is 0.0246 e. The molecule has 13 heavy (non-hydrogen) atoms. The highest BCUT2D eigenvalue weighted by Crippen LogP contribution is 2.32. The van der Waals surface area contributed by atoms with Crippen LogP contribution in [0.15, 0.2) is 0 Å². The molecule has 1 aliphatic heterocycles. The van der Waals surface area contributed by atoms with Crippen LogP contribution in [0.4, 0.5) is 0 Å². The van der Waals surface area contributed by atoms with E-state index in [9.17, 15) is 0 Å². The summed E-state index contributed by atoms with van der Waals surface area (Å²) in [5, 5.41) is 3.62. The lowest BCUT2D eigenvalue weighted by Crippen LogP contribution is -2.43. The molecule has 1 saturated heterocycles. The van der Waals surface area contributed by atoms with Crippen molar-refractivity contribution in [1.29, 1.82) is 0 Å². The van der Waals surface area contributed by atoms with Gasteiger partial charge in [0.1, 0.15) is 0 Å². The Morgan fingerprint density at radius 2 is 2.08 bits per heavy atom. The van der Waals surface area contributed by atoms with Crippen LogP contribution in [0.2, 0.25) is 0 Å². The first-order chi connectivity index (χ1) is 6.09. The van der Waals surface area contributed by atoms with E-state index in [1.807, 2.05) is 0 Å². The number of nitrogens with zero attached hydrogens (tertiary/aromatic N) is 1. The molecule has 1 atom stereocenters. The largest absolute Gasteiger partial charge is 0.312 e. The lowest BCUT2D eigenvalue weighted by Gasteiger charge is -2.30. The summed E-state index contributed by atoms with van der Waals surface area (Å²) in [5.74, 6) is 0. The highest BCUT2D eigenvalue weighted by Gasteiger charge is 2.37. The van der Waals surface area contributed by atoms with Crippen molar-refractivity contribution in [3.8, 4) is 0 Å². The molecule has 1 aliphatic carbocycles. The van der Waals surface area contributed by atoms with Gasteiger partial charge in [0.05, 0.1) is 0 Å². The van der Waals surface area contributed by atoms with Crippen LogP contribution < -0.4 is 5.32 Å². The fraction of sp³-hybridized carbons (Fsp3) is 1.00. The summed E-state index contributed by atoms with van der Waals surface area (Å²) in [6, 6.07) is 1.61. The zero-order chi connectivity index (χ0) is 9.47. The Bertz CT molecular complexity index is 185. The maximum absolute atomic E-state index is 3.62. The fourth-order valence-electron chi connectivity index (χ4n) is 2.28. The molecule has 2 nitrogen and oxygen atoms in total. The van der Waals surface area contributed by atoms with Crippen LogP contribution in [-0.4, -0.2) is 37.1 Å². The molecule has 0 aromatic heterocycles. The molecule has 0 aromatic carbocycles. The Balaban J connectivity index is 1.86. The summed E-state index contributed by atoms with van der Waals surface area (Å²) in [7, 11) is 2.27. The van der Waals surface area contributed by atoms with E-state index in [4.69, 9.17) is 0 Å². The number of nitrogens with one attached hydrogen (secondary N) is 1. The van der Waals surface area contributed by atoms with Gasteiger partial charge in [-0.25, -0.2) is 0 Å². The van der Waals surface area contributed by atoms with Crippen molar-refractivity contribution in [3.05, 3.63) is 0 Å². The van der Waals surface area contributed by atoms with Crippen LogP contribution in [0.1, 0.15) is 33.1 Å². The molecule has 0 radical (unpaired) electrons. The van der Waals surface area contributed by atoms with Gasteiger partial charge in [-0.05, 0) is 38.3 Å².